The second kappa shape index (κ2) is 9.61. The Hall–Kier alpha value is -3.14. The predicted octanol–water partition coefficient (Wildman–Crippen LogP) is 4.38. The highest BCUT2D eigenvalue weighted by Gasteiger charge is 2.18. The summed E-state index contributed by atoms with van der Waals surface area (Å²) in [7, 11) is 1.91. The van der Waals surface area contributed by atoms with Crippen molar-refractivity contribution >= 4 is 38.3 Å². The number of benzene rings is 1. The molecule has 0 saturated carbocycles. The van der Waals surface area contributed by atoms with Crippen molar-refractivity contribution in [2.24, 2.45) is 0 Å². The first-order valence-corrected chi connectivity index (χ1v) is 12.3. The third kappa shape index (κ3) is 4.72. The summed E-state index contributed by atoms with van der Waals surface area (Å²) in [6.07, 6.45) is 1.95. The number of nitrogens with zero attached hydrogens (tertiary/aromatic N) is 6. The Labute approximate surface area is 202 Å². The molecule has 4 heterocycles. The molecule has 1 aliphatic heterocycles. The Morgan fingerprint density at radius 2 is 1.76 bits per heavy atom. The molecule has 0 spiro atoms. The highest BCUT2D eigenvalue weighted by molar-refractivity contribution is 7.21. The number of aromatic nitrogens is 3. The van der Waals surface area contributed by atoms with Crippen molar-refractivity contribution in [2.75, 3.05) is 50.4 Å². The van der Waals surface area contributed by atoms with Crippen molar-refractivity contribution in [3.8, 4) is 11.3 Å². The number of piperazine rings is 1. The Balaban J connectivity index is 1.43. The smallest absolute Gasteiger partial charge is 0.182 e. The van der Waals surface area contributed by atoms with Crippen LogP contribution in [-0.2, 0) is 6.54 Å². The average molecular weight is 478 g/mol. The number of likely N-dealkylation sites (N-methyl/N-ethyl adjacent to an activating group) is 1. The van der Waals surface area contributed by atoms with Crippen molar-refractivity contribution in [2.45, 2.75) is 13.5 Å². The quantitative estimate of drug-likeness (QED) is 0.442. The second-order valence-electron chi connectivity index (χ2n) is 8.53. The molecule has 5 rings (SSSR count). The monoisotopic (exact) mass is 477 g/mol. The molecule has 176 valence electrons. The van der Waals surface area contributed by atoms with Crippen molar-refractivity contribution in [1.29, 1.82) is 0 Å². The van der Waals surface area contributed by atoms with Crippen LogP contribution in [-0.4, -0.2) is 64.5 Å². The fourth-order valence-corrected chi connectivity index (χ4v) is 5.00. The predicted molar refractivity (Wildman–Crippen MR) is 137 cm³/mol. The van der Waals surface area contributed by atoms with Gasteiger partial charge in [-0.05, 0) is 48.5 Å². The van der Waals surface area contributed by atoms with Gasteiger partial charge in [-0.15, -0.1) is 0 Å². The fourth-order valence-electron chi connectivity index (χ4n) is 4.28. The summed E-state index contributed by atoms with van der Waals surface area (Å²) in [6, 6.07) is 12.5. The minimum atomic E-state index is -0.270. The number of hydrogen-bond acceptors (Lipinski definition) is 8. The molecule has 1 aliphatic rings. The lowest BCUT2D eigenvalue weighted by atomic mass is 10.1. The zero-order chi connectivity index (χ0) is 23.7. The van der Waals surface area contributed by atoms with Gasteiger partial charge in [0.2, 0.25) is 0 Å². The summed E-state index contributed by atoms with van der Waals surface area (Å²) in [5, 5.41) is 0.466. The van der Waals surface area contributed by atoms with Crippen molar-refractivity contribution in [3.63, 3.8) is 0 Å². The van der Waals surface area contributed by atoms with Gasteiger partial charge < -0.3 is 15.5 Å². The van der Waals surface area contributed by atoms with Crippen LogP contribution in [0.2, 0.25) is 0 Å². The van der Waals surface area contributed by atoms with Gasteiger partial charge in [-0.3, -0.25) is 9.88 Å². The normalized spacial score (nSPS) is 15.1. The summed E-state index contributed by atoms with van der Waals surface area (Å²) in [6.45, 7) is 8.63. The Morgan fingerprint density at radius 1 is 1.03 bits per heavy atom. The van der Waals surface area contributed by atoms with Gasteiger partial charge in [-0.25, -0.2) is 14.4 Å². The molecule has 0 bridgehead atoms. The standard InChI is InChI=1S/C25H28FN7S/c1-3-32-10-12-33(13-11-32)16-17-4-9-21(28-15-17)20-14-22(29-24-23(20)30-25(27)34-24)31(2)19-7-5-18(26)6-8-19/h4-9,14-15H,3,10-13,16H2,1-2H3,(H2,27,30). The van der Waals surface area contributed by atoms with E-state index in [2.05, 4.69) is 27.8 Å². The molecule has 0 aliphatic carbocycles. The summed E-state index contributed by atoms with van der Waals surface area (Å²) in [4.78, 5) is 21.7. The van der Waals surface area contributed by atoms with Crippen LogP contribution < -0.4 is 10.6 Å². The topological polar surface area (TPSA) is 74.4 Å². The van der Waals surface area contributed by atoms with Crippen LogP contribution in [0.3, 0.4) is 0 Å². The first-order chi connectivity index (χ1) is 16.5. The first kappa shape index (κ1) is 22.6. The number of rotatable bonds is 6. The molecule has 0 unspecified atom stereocenters. The number of pyridine rings is 2. The zero-order valence-corrected chi connectivity index (χ0v) is 20.2. The minimum Gasteiger partial charge on any atom is -0.375 e. The molecule has 1 fully saturated rings. The summed E-state index contributed by atoms with van der Waals surface area (Å²) >= 11 is 1.35. The zero-order valence-electron chi connectivity index (χ0n) is 19.4. The van der Waals surface area contributed by atoms with Crippen molar-refractivity contribution in [1.82, 2.24) is 24.8 Å². The van der Waals surface area contributed by atoms with Crippen molar-refractivity contribution < 1.29 is 4.39 Å². The molecule has 1 aromatic carbocycles. The van der Waals surface area contributed by atoms with E-state index >= 15 is 0 Å². The van der Waals surface area contributed by atoms with E-state index in [-0.39, 0.29) is 5.82 Å². The van der Waals surface area contributed by atoms with Crippen molar-refractivity contribution in [3.05, 3.63) is 60.0 Å². The lowest BCUT2D eigenvalue weighted by molar-refractivity contribution is 0.132. The van der Waals surface area contributed by atoms with E-state index in [9.17, 15) is 4.39 Å². The molecule has 0 atom stereocenters. The number of halogens is 1. The Morgan fingerprint density at radius 3 is 2.44 bits per heavy atom. The van der Waals surface area contributed by atoms with Gasteiger partial charge in [0, 0.05) is 57.2 Å². The van der Waals surface area contributed by atoms with E-state index < -0.39 is 0 Å². The molecular formula is C25H28FN7S. The maximum atomic E-state index is 13.4. The van der Waals surface area contributed by atoms with Crippen LogP contribution in [0.25, 0.3) is 21.6 Å². The number of thiazole rings is 1. The minimum absolute atomic E-state index is 0.270. The van der Waals surface area contributed by atoms with Gasteiger partial charge in [0.25, 0.3) is 0 Å². The van der Waals surface area contributed by atoms with Crippen LogP contribution in [0.1, 0.15) is 12.5 Å². The van der Waals surface area contributed by atoms with Crippen LogP contribution in [0.5, 0.6) is 0 Å². The third-order valence-corrected chi connectivity index (χ3v) is 7.13. The average Bonchev–Trinajstić information content (AvgIpc) is 3.24. The number of anilines is 3. The SMILES string of the molecule is CCN1CCN(Cc2ccc(-c3cc(N(C)c4ccc(F)cc4)nc4sc(N)nc34)nc2)CC1. The second-order valence-corrected chi connectivity index (χ2v) is 9.54. The number of nitrogens with two attached hydrogens (primary N) is 1. The number of nitrogen functional groups attached to an aromatic ring is 1. The lowest BCUT2D eigenvalue weighted by Gasteiger charge is -2.33. The maximum Gasteiger partial charge on any atom is 0.182 e. The van der Waals surface area contributed by atoms with E-state index in [4.69, 9.17) is 15.7 Å². The van der Waals surface area contributed by atoms with E-state index in [0.717, 1.165) is 72.4 Å². The van der Waals surface area contributed by atoms with Crippen LogP contribution >= 0.6 is 11.3 Å². The Kier molecular flexibility index (Phi) is 6.40. The highest BCUT2D eigenvalue weighted by atomic mass is 32.1. The highest BCUT2D eigenvalue weighted by Crippen LogP contribution is 2.35. The van der Waals surface area contributed by atoms with Crippen LogP contribution in [0.4, 0.5) is 21.0 Å². The summed E-state index contributed by atoms with van der Waals surface area (Å²) < 4.78 is 13.4. The number of fused-ring (bicyclic) bond motifs is 1. The molecule has 4 aromatic rings. The fraction of sp³-hybridized carbons (Fsp3) is 0.320. The molecule has 9 heteroatoms. The van der Waals surface area contributed by atoms with E-state index in [1.807, 2.05) is 30.3 Å². The molecule has 1 saturated heterocycles. The van der Waals surface area contributed by atoms with E-state index in [1.165, 1.54) is 29.0 Å². The molecule has 0 amide bonds. The molecular weight excluding hydrogens is 449 g/mol. The molecule has 2 N–H and O–H groups in total. The molecule has 3 aromatic heterocycles. The molecule has 7 nitrogen and oxygen atoms in total. The largest absolute Gasteiger partial charge is 0.375 e. The van der Waals surface area contributed by atoms with Gasteiger partial charge in [0.15, 0.2) is 5.13 Å². The van der Waals surface area contributed by atoms with Gasteiger partial charge in [-0.2, -0.15) is 0 Å². The van der Waals surface area contributed by atoms with E-state index in [1.54, 1.807) is 12.1 Å². The third-order valence-electron chi connectivity index (χ3n) is 6.35. The lowest BCUT2D eigenvalue weighted by Crippen LogP contribution is -2.45. The molecule has 34 heavy (non-hydrogen) atoms. The first-order valence-electron chi connectivity index (χ1n) is 11.5. The van der Waals surface area contributed by atoms with E-state index in [0.29, 0.717) is 5.13 Å². The molecule has 0 radical (unpaired) electrons. The van der Waals surface area contributed by atoms with Gasteiger partial charge in [-0.1, -0.05) is 24.3 Å². The Bertz CT molecular complexity index is 1270. The van der Waals surface area contributed by atoms with Crippen LogP contribution in [0.15, 0.2) is 48.7 Å². The van der Waals surface area contributed by atoms with Gasteiger partial charge in [0.05, 0.1) is 5.69 Å². The van der Waals surface area contributed by atoms with Gasteiger partial charge >= 0.3 is 0 Å². The number of hydrogen-bond donors (Lipinski definition) is 1. The maximum absolute atomic E-state index is 13.4. The van der Waals surface area contributed by atoms with Gasteiger partial charge in [0.1, 0.15) is 22.0 Å². The summed E-state index contributed by atoms with van der Waals surface area (Å²) in [5.74, 6) is 0.449. The summed E-state index contributed by atoms with van der Waals surface area (Å²) in [5.41, 5.74) is 10.5. The van der Waals surface area contributed by atoms with Crippen LogP contribution in [0, 0.1) is 5.82 Å².